The largest absolute Gasteiger partial charge is 0.370 e. The van der Waals surface area contributed by atoms with E-state index in [2.05, 4.69) is 17.2 Å². The molecule has 1 amide bonds. The molecule has 0 aromatic carbocycles. The molecule has 2 unspecified atom stereocenters. The minimum absolute atomic E-state index is 0.437. The number of amides is 1. The molecule has 4 nitrogen and oxygen atoms in total. The summed E-state index contributed by atoms with van der Waals surface area (Å²) in [6.07, 6.45) is 5.48. The van der Waals surface area contributed by atoms with E-state index in [1.54, 1.807) is 12.1 Å². The Morgan fingerprint density at radius 2 is 2.35 bits per heavy atom. The van der Waals surface area contributed by atoms with E-state index >= 15 is 0 Å². The summed E-state index contributed by atoms with van der Waals surface area (Å²) >= 11 is 0. The van der Waals surface area contributed by atoms with Crippen molar-refractivity contribution in [2.75, 3.05) is 11.9 Å². The summed E-state index contributed by atoms with van der Waals surface area (Å²) in [5.74, 6) is 1.92. The van der Waals surface area contributed by atoms with Gasteiger partial charge in [0.25, 0.3) is 0 Å². The van der Waals surface area contributed by atoms with Crippen LogP contribution in [-0.2, 0) is 0 Å². The Bertz CT molecular complexity index is 388. The van der Waals surface area contributed by atoms with E-state index in [-0.39, 0.29) is 0 Å². The van der Waals surface area contributed by atoms with Crippen molar-refractivity contribution in [1.82, 2.24) is 4.98 Å². The molecule has 1 aliphatic rings. The van der Waals surface area contributed by atoms with Gasteiger partial charge < -0.3 is 11.1 Å². The standard InChI is InChI=1S/C13H19N3O/c1-9-3-2-4-10(9)7-15-12-6-5-11(8-16-12)13(14)17/h5-6,8-10H,2-4,7H2,1H3,(H2,14,17)(H,15,16). The lowest BCUT2D eigenvalue weighted by Crippen LogP contribution is -2.17. The number of hydrogen-bond acceptors (Lipinski definition) is 3. The van der Waals surface area contributed by atoms with E-state index in [4.69, 9.17) is 5.73 Å². The Morgan fingerprint density at radius 3 is 2.88 bits per heavy atom. The molecular formula is C13H19N3O. The van der Waals surface area contributed by atoms with Gasteiger partial charge in [0.1, 0.15) is 5.82 Å². The van der Waals surface area contributed by atoms with Crippen LogP contribution in [0.2, 0.25) is 0 Å². The lowest BCUT2D eigenvalue weighted by atomic mass is 9.98. The molecule has 1 aliphatic carbocycles. The number of rotatable bonds is 4. The number of hydrogen-bond donors (Lipinski definition) is 2. The van der Waals surface area contributed by atoms with Crippen molar-refractivity contribution in [3.8, 4) is 0 Å². The molecule has 2 rings (SSSR count). The smallest absolute Gasteiger partial charge is 0.250 e. The zero-order valence-corrected chi connectivity index (χ0v) is 10.1. The zero-order valence-electron chi connectivity index (χ0n) is 10.1. The lowest BCUT2D eigenvalue weighted by molar-refractivity contribution is 0.1000. The van der Waals surface area contributed by atoms with E-state index in [1.165, 1.54) is 25.5 Å². The Morgan fingerprint density at radius 1 is 1.53 bits per heavy atom. The van der Waals surface area contributed by atoms with Gasteiger partial charge in [-0.25, -0.2) is 4.98 Å². The summed E-state index contributed by atoms with van der Waals surface area (Å²) in [6, 6.07) is 3.51. The van der Waals surface area contributed by atoms with Crippen molar-refractivity contribution < 1.29 is 4.79 Å². The highest BCUT2D eigenvalue weighted by atomic mass is 16.1. The fourth-order valence-electron chi connectivity index (χ4n) is 2.41. The molecule has 92 valence electrons. The second-order valence-electron chi connectivity index (χ2n) is 4.85. The molecule has 1 heterocycles. The molecule has 1 aromatic heterocycles. The molecule has 3 N–H and O–H groups in total. The van der Waals surface area contributed by atoms with Crippen molar-refractivity contribution in [2.24, 2.45) is 17.6 Å². The number of nitrogens with one attached hydrogen (secondary N) is 1. The SMILES string of the molecule is CC1CCCC1CNc1ccc(C(N)=O)cn1. The quantitative estimate of drug-likeness (QED) is 0.836. The number of anilines is 1. The molecule has 0 radical (unpaired) electrons. The van der Waals surface area contributed by atoms with Gasteiger partial charge in [-0.2, -0.15) is 0 Å². The number of nitrogens with two attached hydrogens (primary N) is 1. The van der Waals surface area contributed by atoms with Crippen LogP contribution in [0.25, 0.3) is 0 Å². The van der Waals surface area contributed by atoms with Gasteiger partial charge in [-0.3, -0.25) is 4.79 Å². The van der Waals surface area contributed by atoms with Crippen molar-refractivity contribution in [1.29, 1.82) is 0 Å². The molecule has 0 spiro atoms. The van der Waals surface area contributed by atoms with Crippen molar-refractivity contribution in [3.63, 3.8) is 0 Å². The van der Waals surface area contributed by atoms with Gasteiger partial charge in [0, 0.05) is 12.7 Å². The second-order valence-corrected chi connectivity index (χ2v) is 4.85. The molecule has 2 atom stereocenters. The van der Waals surface area contributed by atoms with E-state index in [0.717, 1.165) is 24.2 Å². The lowest BCUT2D eigenvalue weighted by Gasteiger charge is -2.16. The van der Waals surface area contributed by atoms with Gasteiger partial charge >= 0.3 is 0 Å². The van der Waals surface area contributed by atoms with Crippen molar-refractivity contribution in [3.05, 3.63) is 23.9 Å². The van der Waals surface area contributed by atoms with Crippen LogP contribution in [0.5, 0.6) is 0 Å². The van der Waals surface area contributed by atoms with Crippen LogP contribution in [0.15, 0.2) is 18.3 Å². The number of carbonyl (C=O) groups excluding carboxylic acids is 1. The van der Waals surface area contributed by atoms with Gasteiger partial charge in [0.05, 0.1) is 5.56 Å². The summed E-state index contributed by atoms with van der Waals surface area (Å²) in [4.78, 5) is 15.1. The van der Waals surface area contributed by atoms with Crippen LogP contribution in [-0.4, -0.2) is 17.4 Å². The summed E-state index contributed by atoms with van der Waals surface area (Å²) < 4.78 is 0. The maximum absolute atomic E-state index is 10.9. The summed E-state index contributed by atoms with van der Waals surface area (Å²) in [5, 5.41) is 3.32. The third kappa shape index (κ3) is 2.96. The highest BCUT2D eigenvalue weighted by Gasteiger charge is 2.22. The average Bonchev–Trinajstić information content (AvgIpc) is 2.73. The van der Waals surface area contributed by atoms with Crippen LogP contribution in [0.3, 0.4) is 0 Å². The maximum Gasteiger partial charge on any atom is 0.250 e. The Labute approximate surface area is 102 Å². The minimum Gasteiger partial charge on any atom is -0.370 e. The number of nitrogens with zero attached hydrogens (tertiary/aromatic N) is 1. The van der Waals surface area contributed by atoms with Crippen LogP contribution in [0.1, 0.15) is 36.5 Å². The Kier molecular flexibility index (Phi) is 3.61. The first-order valence-corrected chi connectivity index (χ1v) is 6.16. The molecule has 1 fully saturated rings. The third-order valence-electron chi connectivity index (χ3n) is 3.63. The van der Waals surface area contributed by atoms with E-state index in [0.29, 0.717) is 5.56 Å². The topological polar surface area (TPSA) is 68.0 Å². The molecular weight excluding hydrogens is 214 g/mol. The second kappa shape index (κ2) is 5.17. The van der Waals surface area contributed by atoms with Gasteiger partial charge in [-0.05, 0) is 30.4 Å². The maximum atomic E-state index is 10.9. The normalized spacial score (nSPS) is 23.6. The van der Waals surface area contributed by atoms with Gasteiger partial charge in [0.15, 0.2) is 0 Å². The Hall–Kier alpha value is -1.58. The molecule has 4 heteroatoms. The van der Waals surface area contributed by atoms with Crippen LogP contribution in [0.4, 0.5) is 5.82 Å². The van der Waals surface area contributed by atoms with Gasteiger partial charge in [0.2, 0.25) is 5.91 Å². The fourth-order valence-corrected chi connectivity index (χ4v) is 2.41. The number of primary amides is 1. The van der Waals surface area contributed by atoms with Crippen LogP contribution >= 0.6 is 0 Å². The molecule has 1 aromatic rings. The molecule has 0 aliphatic heterocycles. The predicted octanol–water partition coefficient (Wildman–Crippen LogP) is 2.03. The predicted molar refractivity (Wildman–Crippen MR) is 67.7 cm³/mol. The first kappa shape index (κ1) is 11.9. The van der Waals surface area contributed by atoms with Crippen LogP contribution < -0.4 is 11.1 Å². The summed E-state index contributed by atoms with van der Waals surface area (Å²) in [7, 11) is 0. The van der Waals surface area contributed by atoms with E-state index in [1.807, 2.05) is 0 Å². The minimum atomic E-state index is -0.437. The molecule has 17 heavy (non-hydrogen) atoms. The van der Waals surface area contributed by atoms with Crippen LogP contribution in [0, 0.1) is 11.8 Å². The number of aromatic nitrogens is 1. The summed E-state index contributed by atoms with van der Waals surface area (Å²) in [5.41, 5.74) is 5.61. The van der Waals surface area contributed by atoms with E-state index < -0.39 is 5.91 Å². The number of pyridine rings is 1. The third-order valence-corrected chi connectivity index (χ3v) is 3.63. The molecule has 0 saturated heterocycles. The Balaban J connectivity index is 1.88. The highest BCUT2D eigenvalue weighted by Crippen LogP contribution is 2.30. The highest BCUT2D eigenvalue weighted by molar-refractivity contribution is 5.92. The van der Waals surface area contributed by atoms with Crippen molar-refractivity contribution >= 4 is 11.7 Å². The first-order valence-electron chi connectivity index (χ1n) is 6.16. The molecule has 1 saturated carbocycles. The number of carbonyl (C=O) groups is 1. The average molecular weight is 233 g/mol. The van der Waals surface area contributed by atoms with Crippen molar-refractivity contribution in [2.45, 2.75) is 26.2 Å². The van der Waals surface area contributed by atoms with E-state index in [9.17, 15) is 4.79 Å². The van der Waals surface area contributed by atoms with Gasteiger partial charge in [-0.1, -0.05) is 19.8 Å². The monoisotopic (exact) mass is 233 g/mol. The zero-order chi connectivity index (χ0) is 12.3. The fraction of sp³-hybridized carbons (Fsp3) is 0.538. The molecule has 0 bridgehead atoms. The first-order chi connectivity index (χ1) is 8.16. The summed E-state index contributed by atoms with van der Waals surface area (Å²) in [6.45, 7) is 3.27. The van der Waals surface area contributed by atoms with Gasteiger partial charge in [-0.15, -0.1) is 0 Å².